The van der Waals surface area contributed by atoms with Crippen LogP contribution in [0.1, 0.15) is 41.5 Å². The van der Waals surface area contributed by atoms with E-state index in [9.17, 15) is 22.4 Å². The van der Waals surface area contributed by atoms with Crippen molar-refractivity contribution in [3.05, 3.63) is 125 Å². The third-order valence-electron chi connectivity index (χ3n) is 8.20. The average Bonchev–Trinajstić information content (AvgIpc) is 3.76. The third kappa shape index (κ3) is 8.55. The first-order valence-corrected chi connectivity index (χ1v) is 17.1. The summed E-state index contributed by atoms with van der Waals surface area (Å²) in [6.45, 7) is 0.452. The van der Waals surface area contributed by atoms with Crippen LogP contribution in [0.25, 0.3) is 0 Å². The van der Waals surface area contributed by atoms with E-state index in [1.807, 2.05) is 42.5 Å². The smallest absolute Gasteiger partial charge is 0.243 e. The van der Waals surface area contributed by atoms with Gasteiger partial charge >= 0.3 is 0 Å². The van der Waals surface area contributed by atoms with E-state index in [1.54, 1.807) is 47.4 Å². The van der Waals surface area contributed by atoms with Crippen molar-refractivity contribution in [3.8, 4) is 11.5 Å². The van der Waals surface area contributed by atoms with Crippen LogP contribution in [0, 0.1) is 5.82 Å². The monoisotopic (exact) mass is 657 g/mol. The Bertz CT molecular complexity index is 1810. The van der Waals surface area contributed by atoms with Crippen molar-refractivity contribution in [2.45, 2.75) is 62.2 Å². The zero-order valence-electron chi connectivity index (χ0n) is 25.7. The van der Waals surface area contributed by atoms with Gasteiger partial charge in [0.1, 0.15) is 11.9 Å². The molecule has 0 bridgehead atoms. The quantitative estimate of drug-likeness (QED) is 0.200. The molecule has 1 unspecified atom stereocenters. The molecule has 1 aliphatic carbocycles. The van der Waals surface area contributed by atoms with Gasteiger partial charge in [-0.3, -0.25) is 9.59 Å². The number of nitrogens with zero attached hydrogens (tertiary/aromatic N) is 1. The lowest BCUT2D eigenvalue weighted by molar-refractivity contribution is -0.141. The first-order chi connectivity index (χ1) is 22.7. The summed E-state index contributed by atoms with van der Waals surface area (Å²) >= 11 is 0. The highest BCUT2D eigenvalue weighted by Crippen LogP contribution is 2.32. The normalized spacial score (nSPS) is 14.4. The number of aryl methyl sites for hydroxylation is 1. The van der Waals surface area contributed by atoms with Gasteiger partial charge in [-0.1, -0.05) is 60.7 Å². The van der Waals surface area contributed by atoms with Gasteiger partial charge in [-0.15, -0.1) is 0 Å². The van der Waals surface area contributed by atoms with Gasteiger partial charge in [-0.05, 0) is 77.9 Å². The van der Waals surface area contributed by atoms with Crippen LogP contribution in [0.5, 0.6) is 11.5 Å². The highest BCUT2D eigenvalue weighted by molar-refractivity contribution is 7.89. The lowest BCUT2D eigenvalue weighted by atomic mass is 10.0. The predicted octanol–water partition coefficient (Wildman–Crippen LogP) is 4.88. The van der Waals surface area contributed by atoms with Gasteiger partial charge in [0.25, 0.3) is 0 Å². The number of ether oxygens (including phenoxy) is 2. The molecule has 2 aliphatic rings. The second kappa shape index (κ2) is 14.4. The van der Waals surface area contributed by atoms with Crippen LogP contribution < -0.4 is 19.5 Å². The van der Waals surface area contributed by atoms with Gasteiger partial charge in [0, 0.05) is 32.0 Å². The van der Waals surface area contributed by atoms with Crippen molar-refractivity contribution in [3.63, 3.8) is 0 Å². The standard InChI is InChI=1S/C36H36FN3O6S/c37-29-12-6-27(7-13-29)23-40(35(41)19-11-25-8-16-31(17-9-25)47(43,44)39-30-14-15-30)32(20-26-4-2-1-3-5-26)36(42)38-22-28-10-18-33-34(21-28)46-24-45-33/h1-10,12-13,16-18,21,30,32,39H,11,14-15,19-20,22-24H2,(H,38,42). The lowest BCUT2D eigenvalue weighted by Crippen LogP contribution is -2.50. The Labute approximate surface area is 273 Å². The summed E-state index contributed by atoms with van der Waals surface area (Å²) < 4.78 is 52.5. The van der Waals surface area contributed by atoms with E-state index in [-0.39, 0.29) is 55.5 Å². The van der Waals surface area contributed by atoms with E-state index >= 15 is 0 Å². The maximum atomic E-state index is 14.0. The predicted molar refractivity (Wildman–Crippen MR) is 173 cm³/mol. The molecule has 0 spiro atoms. The Kier molecular flexibility index (Phi) is 9.84. The number of benzene rings is 4. The van der Waals surface area contributed by atoms with Crippen LogP contribution in [0.2, 0.25) is 0 Å². The molecule has 1 heterocycles. The van der Waals surface area contributed by atoms with E-state index in [2.05, 4.69) is 10.0 Å². The Morgan fingerprint density at radius 1 is 0.830 bits per heavy atom. The Balaban J connectivity index is 1.21. The number of carbonyl (C=O) groups is 2. The summed E-state index contributed by atoms with van der Waals surface area (Å²) in [7, 11) is -3.58. The van der Waals surface area contributed by atoms with Crippen LogP contribution in [-0.2, 0) is 45.5 Å². The zero-order valence-corrected chi connectivity index (χ0v) is 26.5. The highest BCUT2D eigenvalue weighted by atomic mass is 32.2. The fourth-order valence-corrected chi connectivity index (χ4v) is 6.72. The van der Waals surface area contributed by atoms with Gasteiger partial charge in [0.2, 0.25) is 28.6 Å². The minimum atomic E-state index is -3.58. The molecule has 11 heteroatoms. The SMILES string of the molecule is O=C(NCc1ccc2c(c1)OCO2)C(Cc1ccccc1)N(Cc1ccc(F)cc1)C(=O)CCc1ccc(S(=O)(=O)NC2CC2)cc1. The van der Waals surface area contributed by atoms with E-state index in [0.717, 1.165) is 29.5 Å². The fraction of sp³-hybridized carbons (Fsp3) is 0.278. The van der Waals surface area contributed by atoms with Crippen LogP contribution in [0.15, 0.2) is 102 Å². The van der Waals surface area contributed by atoms with Crippen molar-refractivity contribution in [1.29, 1.82) is 0 Å². The number of amides is 2. The second-order valence-electron chi connectivity index (χ2n) is 11.8. The molecule has 244 valence electrons. The van der Waals surface area contributed by atoms with E-state index in [1.165, 1.54) is 12.1 Å². The number of rotatable bonds is 14. The molecule has 1 aliphatic heterocycles. The topological polar surface area (TPSA) is 114 Å². The molecule has 0 saturated heterocycles. The number of sulfonamides is 1. The third-order valence-corrected chi connectivity index (χ3v) is 9.74. The van der Waals surface area contributed by atoms with Crippen LogP contribution in [-0.4, -0.2) is 44.0 Å². The second-order valence-corrected chi connectivity index (χ2v) is 13.5. The molecule has 47 heavy (non-hydrogen) atoms. The lowest BCUT2D eigenvalue weighted by Gasteiger charge is -2.32. The molecule has 4 aromatic rings. The minimum absolute atomic E-state index is 0.00226. The molecule has 0 radical (unpaired) electrons. The molecular weight excluding hydrogens is 621 g/mol. The number of nitrogens with one attached hydrogen (secondary N) is 2. The Morgan fingerprint density at radius 2 is 1.51 bits per heavy atom. The minimum Gasteiger partial charge on any atom is -0.454 e. The maximum Gasteiger partial charge on any atom is 0.243 e. The summed E-state index contributed by atoms with van der Waals surface area (Å²) in [5, 5.41) is 3.00. The van der Waals surface area contributed by atoms with Gasteiger partial charge in [0.05, 0.1) is 4.90 Å². The molecule has 1 fully saturated rings. The average molecular weight is 658 g/mol. The molecule has 6 rings (SSSR count). The molecule has 2 N–H and O–H groups in total. The Morgan fingerprint density at radius 3 is 2.23 bits per heavy atom. The molecule has 2 amide bonds. The molecule has 1 atom stereocenters. The van der Waals surface area contributed by atoms with Crippen LogP contribution in [0.3, 0.4) is 0 Å². The summed E-state index contributed by atoms with van der Waals surface area (Å²) in [6, 6.07) is 26.4. The molecule has 0 aromatic heterocycles. The van der Waals surface area contributed by atoms with Gasteiger partial charge in [-0.2, -0.15) is 0 Å². The van der Waals surface area contributed by atoms with Crippen molar-refractivity contribution >= 4 is 21.8 Å². The summed E-state index contributed by atoms with van der Waals surface area (Å²) in [5.41, 5.74) is 3.16. The first kappa shape index (κ1) is 32.2. The number of halogens is 1. The number of fused-ring (bicyclic) bond motifs is 1. The number of carbonyl (C=O) groups excluding carboxylic acids is 2. The van der Waals surface area contributed by atoms with E-state index in [0.29, 0.717) is 23.5 Å². The first-order valence-electron chi connectivity index (χ1n) is 15.6. The van der Waals surface area contributed by atoms with Crippen molar-refractivity contribution in [1.82, 2.24) is 14.9 Å². The van der Waals surface area contributed by atoms with E-state index < -0.39 is 21.9 Å². The van der Waals surface area contributed by atoms with Crippen LogP contribution in [0.4, 0.5) is 4.39 Å². The fourth-order valence-electron chi connectivity index (χ4n) is 5.42. The largest absolute Gasteiger partial charge is 0.454 e. The Hall–Kier alpha value is -4.74. The summed E-state index contributed by atoms with van der Waals surface area (Å²) in [6.07, 6.45) is 2.37. The van der Waals surface area contributed by atoms with Gasteiger partial charge in [0.15, 0.2) is 11.5 Å². The van der Waals surface area contributed by atoms with Gasteiger partial charge in [-0.25, -0.2) is 17.5 Å². The van der Waals surface area contributed by atoms with Crippen molar-refractivity contribution in [2.24, 2.45) is 0 Å². The van der Waals surface area contributed by atoms with Crippen molar-refractivity contribution < 1.29 is 31.9 Å². The molecular formula is C36H36FN3O6S. The number of hydrogen-bond acceptors (Lipinski definition) is 6. The molecule has 4 aromatic carbocycles. The van der Waals surface area contributed by atoms with Crippen LogP contribution >= 0.6 is 0 Å². The summed E-state index contributed by atoms with van der Waals surface area (Å²) in [5.74, 6) is 0.256. The van der Waals surface area contributed by atoms with Crippen molar-refractivity contribution in [2.75, 3.05) is 6.79 Å². The van der Waals surface area contributed by atoms with E-state index in [4.69, 9.17) is 9.47 Å². The number of hydrogen-bond donors (Lipinski definition) is 2. The maximum absolute atomic E-state index is 14.0. The highest BCUT2D eigenvalue weighted by Gasteiger charge is 2.31. The molecule has 9 nitrogen and oxygen atoms in total. The summed E-state index contributed by atoms with van der Waals surface area (Å²) in [4.78, 5) is 29.7. The zero-order chi connectivity index (χ0) is 32.8. The molecule has 1 saturated carbocycles. The van der Waals surface area contributed by atoms with Gasteiger partial charge < -0.3 is 19.7 Å².